The number of aromatic nitrogens is 2. The SMILES string of the molecule is CC(=O)Nc1ccc2[nH]c(=O)n(C(C)(C)C)c(=O)c2c1. The van der Waals surface area contributed by atoms with Gasteiger partial charge in [-0.15, -0.1) is 0 Å². The summed E-state index contributed by atoms with van der Waals surface area (Å²) in [5.41, 5.74) is -0.460. The van der Waals surface area contributed by atoms with Gasteiger partial charge in [0.15, 0.2) is 0 Å². The molecule has 6 nitrogen and oxygen atoms in total. The van der Waals surface area contributed by atoms with E-state index in [1.54, 1.807) is 39.0 Å². The van der Waals surface area contributed by atoms with Crippen molar-refractivity contribution in [3.05, 3.63) is 39.0 Å². The van der Waals surface area contributed by atoms with E-state index >= 15 is 0 Å². The Morgan fingerprint density at radius 2 is 1.90 bits per heavy atom. The number of fused-ring (bicyclic) bond motifs is 1. The van der Waals surface area contributed by atoms with Gasteiger partial charge in [0.1, 0.15) is 0 Å². The fourth-order valence-electron chi connectivity index (χ4n) is 2.10. The second-order valence-corrected chi connectivity index (χ2v) is 5.68. The molecule has 0 aliphatic carbocycles. The van der Waals surface area contributed by atoms with Gasteiger partial charge in [-0.3, -0.25) is 14.2 Å². The number of carbonyl (C=O) groups excluding carboxylic acids is 1. The molecule has 1 amide bonds. The van der Waals surface area contributed by atoms with Gasteiger partial charge < -0.3 is 10.3 Å². The highest BCUT2D eigenvalue weighted by molar-refractivity contribution is 5.91. The molecule has 0 unspecified atom stereocenters. The summed E-state index contributed by atoms with van der Waals surface area (Å²) in [5, 5.41) is 2.98. The van der Waals surface area contributed by atoms with E-state index in [0.717, 1.165) is 0 Å². The van der Waals surface area contributed by atoms with Crippen molar-refractivity contribution in [2.45, 2.75) is 33.2 Å². The van der Waals surface area contributed by atoms with Crippen molar-refractivity contribution >= 4 is 22.5 Å². The molecule has 1 aromatic heterocycles. The Morgan fingerprint density at radius 1 is 1.25 bits per heavy atom. The maximum Gasteiger partial charge on any atom is 0.329 e. The predicted molar refractivity (Wildman–Crippen MR) is 78.1 cm³/mol. The first-order valence-corrected chi connectivity index (χ1v) is 6.27. The van der Waals surface area contributed by atoms with E-state index in [1.807, 2.05) is 0 Å². The summed E-state index contributed by atoms with van der Waals surface area (Å²) in [6.07, 6.45) is 0. The molecule has 0 atom stereocenters. The van der Waals surface area contributed by atoms with Gasteiger partial charge in [-0.25, -0.2) is 4.79 Å². The molecule has 0 saturated heterocycles. The molecule has 106 valence electrons. The molecular formula is C14H17N3O3. The summed E-state index contributed by atoms with van der Waals surface area (Å²) in [5.74, 6) is -0.218. The van der Waals surface area contributed by atoms with Crippen LogP contribution in [-0.2, 0) is 10.3 Å². The normalized spacial score (nSPS) is 11.6. The monoisotopic (exact) mass is 275 g/mol. The molecule has 1 heterocycles. The van der Waals surface area contributed by atoms with Crippen LogP contribution in [0.2, 0.25) is 0 Å². The molecule has 2 rings (SSSR count). The number of hydrogen-bond donors (Lipinski definition) is 2. The van der Waals surface area contributed by atoms with Crippen LogP contribution in [0.5, 0.6) is 0 Å². The van der Waals surface area contributed by atoms with E-state index in [9.17, 15) is 14.4 Å². The Balaban J connectivity index is 2.78. The number of amides is 1. The molecule has 20 heavy (non-hydrogen) atoms. The Kier molecular flexibility index (Phi) is 3.25. The third-order valence-electron chi connectivity index (χ3n) is 2.89. The number of aromatic amines is 1. The molecule has 6 heteroatoms. The number of hydrogen-bond acceptors (Lipinski definition) is 3. The summed E-state index contributed by atoms with van der Waals surface area (Å²) >= 11 is 0. The molecule has 0 radical (unpaired) electrons. The van der Waals surface area contributed by atoms with Crippen molar-refractivity contribution < 1.29 is 4.79 Å². The number of nitrogens with zero attached hydrogens (tertiary/aromatic N) is 1. The molecular weight excluding hydrogens is 258 g/mol. The van der Waals surface area contributed by atoms with Gasteiger partial charge in [-0.1, -0.05) is 0 Å². The minimum Gasteiger partial charge on any atom is -0.326 e. The molecule has 0 spiro atoms. The molecule has 0 aliphatic rings. The van der Waals surface area contributed by atoms with Gasteiger partial charge in [0.05, 0.1) is 10.9 Å². The number of nitrogens with one attached hydrogen (secondary N) is 2. The van der Waals surface area contributed by atoms with Crippen LogP contribution in [0.1, 0.15) is 27.7 Å². The zero-order valence-electron chi connectivity index (χ0n) is 11.9. The smallest absolute Gasteiger partial charge is 0.326 e. The van der Waals surface area contributed by atoms with Crippen LogP contribution < -0.4 is 16.6 Å². The average Bonchev–Trinajstić information content (AvgIpc) is 2.27. The van der Waals surface area contributed by atoms with Crippen LogP contribution in [0.3, 0.4) is 0 Å². The summed E-state index contributed by atoms with van der Waals surface area (Å²) < 4.78 is 1.17. The molecule has 0 saturated carbocycles. The van der Waals surface area contributed by atoms with Crippen LogP contribution in [0.15, 0.2) is 27.8 Å². The molecule has 1 aromatic carbocycles. The van der Waals surface area contributed by atoms with E-state index in [-0.39, 0.29) is 11.5 Å². The average molecular weight is 275 g/mol. The maximum absolute atomic E-state index is 12.5. The second-order valence-electron chi connectivity index (χ2n) is 5.68. The zero-order chi connectivity index (χ0) is 15.1. The first-order valence-electron chi connectivity index (χ1n) is 6.27. The minimum atomic E-state index is -0.622. The van der Waals surface area contributed by atoms with Gasteiger partial charge in [-0.05, 0) is 39.0 Å². The van der Waals surface area contributed by atoms with Crippen LogP contribution in [0.4, 0.5) is 5.69 Å². The van der Waals surface area contributed by atoms with Crippen molar-refractivity contribution in [2.75, 3.05) is 5.32 Å². The van der Waals surface area contributed by atoms with Crippen LogP contribution in [0.25, 0.3) is 10.9 Å². The maximum atomic E-state index is 12.5. The lowest BCUT2D eigenvalue weighted by atomic mass is 10.1. The van der Waals surface area contributed by atoms with E-state index in [1.165, 1.54) is 11.5 Å². The number of anilines is 1. The van der Waals surface area contributed by atoms with Crippen LogP contribution in [0, 0.1) is 0 Å². The Hall–Kier alpha value is -2.37. The number of rotatable bonds is 1. The summed E-state index contributed by atoms with van der Waals surface area (Å²) in [7, 11) is 0. The lowest BCUT2D eigenvalue weighted by Crippen LogP contribution is -2.44. The lowest BCUT2D eigenvalue weighted by Gasteiger charge is -2.21. The second kappa shape index (κ2) is 4.63. The van der Waals surface area contributed by atoms with E-state index in [0.29, 0.717) is 16.6 Å². The van der Waals surface area contributed by atoms with E-state index in [4.69, 9.17) is 0 Å². The summed E-state index contributed by atoms with van der Waals surface area (Å²) in [6, 6.07) is 4.81. The Morgan fingerprint density at radius 3 is 2.45 bits per heavy atom. The molecule has 0 bridgehead atoms. The third kappa shape index (κ3) is 2.49. The van der Waals surface area contributed by atoms with E-state index in [2.05, 4.69) is 10.3 Å². The van der Waals surface area contributed by atoms with Crippen molar-refractivity contribution in [2.24, 2.45) is 0 Å². The number of benzene rings is 1. The van der Waals surface area contributed by atoms with Crippen molar-refractivity contribution in [1.82, 2.24) is 9.55 Å². The molecule has 2 N–H and O–H groups in total. The highest BCUT2D eigenvalue weighted by Crippen LogP contribution is 2.15. The summed E-state index contributed by atoms with van der Waals surface area (Å²) in [4.78, 5) is 38.2. The Labute approximate surface area is 115 Å². The standard InChI is InChI=1S/C14H17N3O3/c1-8(18)15-9-5-6-11-10(7-9)12(19)17(13(20)16-11)14(2,3)4/h5-7H,1-4H3,(H,15,18)(H,16,20). The van der Waals surface area contributed by atoms with Crippen molar-refractivity contribution in [1.29, 1.82) is 0 Å². The zero-order valence-corrected chi connectivity index (χ0v) is 11.9. The van der Waals surface area contributed by atoms with Crippen molar-refractivity contribution in [3.63, 3.8) is 0 Å². The highest BCUT2D eigenvalue weighted by Gasteiger charge is 2.19. The quantitative estimate of drug-likeness (QED) is 0.825. The first kappa shape index (κ1) is 14.0. The topological polar surface area (TPSA) is 84.0 Å². The van der Waals surface area contributed by atoms with Crippen LogP contribution >= 0.6 is 0 Å². The number of carbonyl (C=O) groups is 1. The fraction of sp³-hybridized carbons (Fsp3) is 0.357. The van der Waals surface area contributed by atoms with Gasteiger partial charge in [0, 0.05) is 18.2 Å². The lowest BCUT2D eigenvalue weighted by molar-refractivity contribution is -0.114. The molecule has 2 aromatic rings. The molecule has 0 fully saturated rings. The van der Waals surface area contributed by atoms with Gasteiger partial charge in [0.25, 0.3) is 5.56 Å². The fourth-order valence-corrected chi connectivity index (χ4v) is 2.10. The summed E-state index contributed by atoms with van der Waals surface area (Å²) in [6.45, 7) is 6.75. The van der Waals surface area contributed by atoms with Crippen molar-refractivity contribution in [3.8, 4) is 0 Å². The highest BCUT2D eigenvalue weighted by atomic mass is 16.2. The first-order chi connectivity index (χ1) is 9.20. The van der Waals surface area contributed by atoms with Gasteiger partial charge in [-0.2, -0.15) is 0 Å². The number of H-pyrrole nitrogens is 1. The minimum absolute atomic E-state index is 0.218. The third-order valence-corrected chi connectivity index (χ3v) is 2.89. The van der Waals surface area contributed by atoms with Gasteiger partial charge in [0.2, 0.25) is 5.91 Å². The van der Waals surface area contributed by atoms with Crippen LogP contribution in [-0.4, -0.2) is 15.5 Å². The van der Waals surface area contributed by atoms with E-state index < -0.39 is 11.2 Å². The van der Waals surface area contributed by atoms with Gasteiger partial charge >= 0.3 is 5.69 Å². The molecule has 0 aliphatic heterocycles. The predicted octanol–water partition coefficient (Wildman–Crippen LogP) is 1.40. The Bertz CT molecular complexity index is 794. The largest absolute Gasteiger partial charge is 0.329 e.